The summed E-state index contributed by atoms with van der Waals surface area (Å²) in [7, 11) is 0. The van der Waals surface area contributed by atoms with Crippen LogP contribution < -0.4 is 0 Å². The predicted molar refractivity (Wildman–Crippen MR) is 82.4 cm³/mol. The molecule has 3 rings (SSSR count). The third kappa shape index (κ3) is 2.97. The van der Waals surface area contributed by atoms with Crippen molar-refractivity contribution in [1.82, 2.24) is 4.90 Å². The van der Waals surface area contributed by atoms with E-state index in [0.717, 1.165) is 47.5 Å². The summed E-state index contributed by atoms with van der Waals surface area (Å²) in [6, 6.07) is 12.4. The zero-order chi connectivity index (χ0) is 13.9. The monoisotopic (exact) mass is 335 g/mol. The summed E-state index contributed by atoms with van der Waals surface area (Å²) in [4.78, 5) is 2.30. The molecule has 1 unspecified atom stereocenters. The first-order valence-electron chi connectivity index (χ1n) is 6.96. The van der Waals surface area contributed by atoms with Gasteiger partial charge in [-0.05, 0) is 43.7 Å². The van der Waals surface area contributed by atoms with Crippen LogP contribution in [0.1, 0.15) is 18.6 Å². The molecular formula is C16H18BrNO2. The Labute approximate surface area is 127 Å². The van der Waals surface area contributed by atoms with Crippen LogP contribution in [0.15, 0.2) is 45.3 Å². The number of nitrogens with zero attached hydrogens (tertiary/aromatic N) is 1. The Balaban J connectivity index is 1.72. The van der Waals surface area contributed by atoms with Gasteiger partial charge in [-0.3, -0.25) is 4.90 Å². The number of aliphatic hydroxyl groups is 1. The molecule has 1 aliphatic rings. The maximum Gasteiger partial charge on any atom is 0.134 e. The van der Waals surface area contributed by atoms with Crippen molar-refractivity contribution in [2.24, 2.45) is 0 Å². The summed E-state index contributed by atoms with van der Waals surface area (Å²) in [5, 5.41) is 9.35. The van der Waals surface area contributed by atoms with Gasteiger partial charge in [-0.1, -0.05) is 28.1 Å². The highest BCUT2D eigenvalue weighted by molar-refractivity contribution is 9.10. The number of furan rings is 1. The molecule has 0 amide bonds. The first kappa shape index (κ1) is 13.9. The van der Waals surface area contributed by atoms with Gasteiger partial charge in [0.05, 0.1) is 13.2 Å². The first-order chi connectivity index (χ1) is 9.76. The minimum absolute atomic E-state index is 0.236. The number of hydrogen-bond donors (Lipinski definition) is 1. The van der Waals surface area contributed by atoms with Crippen molar-refractivity contribution in [1.29, 1.82) is 0 Å². The van der Waals surface area contributed by atoms with Crippen LogP contribution in [0.2, 0.25) is 0 Å². The highest BCUT2D eigenvalue weighted by Crippen LogP contribution is 2.26. The molecule has 106 valence electrons. The Morgan fingerprint density at radius 2 is 2.00 bits per heavy atom. The number of hydrogen-bond acceptors (Lipinski definition) is 3. The maximum atomic E-state index is 9.35. The van der Waals surface area contributed by atoms with Crippen LogP contribution in [0.25, 0.3) is 11.3 Å². The molecule has 1 fully saturated rings. The normalized spacial score (nSPS) is 19.6. The molecule has 0 aliphatic carbocycles. The van der Waals surface area contributed by atoms with E-state index in [1.807, 2.05) is 36.4 Å². The molecule has 0 spiro atoms. The van der Waals surface area contributed by atoms with Gasteiger partial charge >= 0.3 is 0 Å². The number of aliphatic hydroxyl groups excluding tert-OH is 1. The second-order valence-corrected chi connectivity index (χ2v) is 6.14. The molecule has 1 aromatic carbocycles. The minimum Gasteiger partial charge on any atom is -0.460 e. The highest BCUT2D eigenvalue weighted by atomic mass is 79.9. The van der Waals surface area contributed by atoms with E-state index in [1.165, 1.54) is 0 Å². The van der Waals surface area contributed by atoms with E-state index in [-0.39, 0.29) is 12.6 Å². The van der Waals surface area contributed by atoms with E-state index < -0.39 is 0 Å². The van der Waals surface area contributed by atoms with Crippen LogP contribution >= 0.6 is 15.9 Å². The largest absolute Gasteiger partial charge is 0.460 e. The Bertz CT molecular complexity index is 564. The Kier molecular flexibility index (Phi) is 4.24. The molecule has 1 aromatic heterocycles. The molecule has 2 heterocycles. The van der Waals surface area contributed by atoms with E-state index in [1.54, 1.807) is 0 Å². The van der Waals surface area contributed by atoms with E-state index in [2.05, 4.69) is 20.8 Å². The van der Waals surface area contributed by atoms with Crippen molar-refractivity contribution in [3.8, 4) is 11.3 Å². The molecule has 0 bridgehead atoms. The van der Waals surface area contributed by atoms with Crippen molar-refractivity contribution in [2.75, 3.05) is 13.2 Å². The lowest BCUT2D eigenvalue weighted by Gasteiger charge is -2.21. The van der Waals surface area contributed by atoms with Crippen molar-refractivity contribution in [3.63, 3.8) is 0 Å². The standard InChI is InChI=1S/C16H18BrNO2/c17-13-5-3-12(4-6-13)16-8-7-15(20-16)10-18-9-1-2-14(18)11-19/h3-8,14,19H,1-2,9-11H2. The molecule has 3 nitrogen and oxygen atoms in total. The van der Waals surface area contributed by atoms with E-state index in [0.29, 0.717) is 0 Å². The fourth-order valence-electron chi connectivity index (χ4n) is 2.74. The van der Waals surface area contributed by atoms with E-state index >= 15 is 0 Å². The number of rotatable bonds is 4. The van der Waals surface area contributed by atoms with Crippen LogP contribution in [-0.2, 0) is 6.54 Å². The average Bonchev–Trinajstić information content (AvgIpc) is 3.09. The third-order valence-corrected chi connectivity index (χ3v) is 4.39. The van der Waals surface area contributed by atoms with Crippen molar-refractivity contribution >= 4 is 15.9 Å². The quantitative estimate of drug-likeness (QED) is 0.926. The molecule has 20 heavy (non-hydrogen) atoms. The fourth-order valence-corrected chi connectivity index (χ4v) is 3.01. The number of likely N-dealkylation sites (tertiary alicyclic amines) is 1. The van der Waals surface area contributed by atoms with Gasteiger partial charge in [-0.25, -0.2) is 0 Å². The van der Waals surface area contributed by atoms with Crippen molar-refractivity contribution in [3.05, 3.63) is 46.6 Å². The molecule has 1 N–H and O–H groups in total. The molecule has 2 aromatic rings. The second kappa shape index (κ2) is 6.12. The summed E-state index contributed by atoms with van der Waals surface area (Å²) in [6.45, 7) is 2.06. The van der Waals surface area contributed by atoms with Gasteiger partial charge in [0.25, 0.3) is 0 Å². The van der Waals surface area contributed by atoms with Crippen LogP contribution in [-0.4, -0.2) is 29.2 Å². The summed E-state index contributed by atoms with van der Waals surface area (Å²) in [6.07, 6.45) is 2.24. The fraction of sp³-hybridized carbons (Fsp3) is 0.375. The highest BCUT2D eigenvalue weighted by Gasteiger charge is 2.24. The van der Waals surface area contributed by atoms with Gasteiger partial charge in [-0.15, -0.1) is 0 Å². The summed E-state index contributed by atoms with van der Waals surface area (Å²) >= 11 is 3.44. The Hall–Kier alpha value is -1.10. The van der Waals surface area contributed by atoms with Crippen LogP contribution in [0.3, 0.4) is 0 Å². The lowest BCUT2D eigenvalue weighted by atomic mass is 10.2. The van der Waals surface area contributed by atoms with Crippen LogP contribution in [0.4, 0.5) is 0 Å². The number of halogens is 1. The van der Waals surface area contributed by atoms with Gasteiger partial charge in [0, 0.05) is 16.1 Å². The summed E-state index contributed by atoms with van der Waals surface area (Å²) in [5.74, 6) is 1.86. The maximum absolute atomic E-state index is 9.35. The van der Waals surface area contributed by atoms with E-state index in [9.17, 15) is 5.11 Å². The van der Waals surface area contributed by atoms with Gasteiger partial charge in [0.2, 0.25) is 0 Å². The summed E-state index contributed by atoms with van der Waals surface area (Å²) in [5.41, 5.74) is 1.08. The molecule has 4 heteroatoms. The SMILES string of the molecule is OCC1CCCN1Cc1ccc(-c2ccc(Br)cc2)o1. The topological polar surface area (TPSA) is 36.6 Å². The molecule has 0 saturated carbocycles. The molecule has 1 atom stereocenters. The van der Waals surface area contributed by atoms with Crippen molar-refractivity contribution in [2.45, 2.75) is 25.4 Å². The zero-order valence-electron chi connectivity index (χ0n) is 11.3. The predicted octanol–water partition coefficient (Wildman–Crippen LogP) is 3.67. The van der Waals surface area contributed by atoms with Crippen LogP contribution in [0, 0.1) is 0 Å². The Morgan fingerprint density at radius 1 is 1.20 bits per heavy atom. The molecule has 1 saturated heterocycles. The summed E-state index contributed by atoms with van der Waals surface area (Å²) < 4.78 is 6.99. The zero-order valence-corrected chi connectivity index (χ0v) is 12.8. The average molecular weight is 336 g/mol. The van der Waals surface area contributed by atoms with Gasteiger partial charge in [0.15, 0.2) is 0 Å². The Morgan fingerprint density at radius 3 is 2.75 bits per heavy atom. The van der Waals surface area contributed by atoms with Crippen molar-refractivity contribution < 1.29 is 9.52 Å². The van der Waals surface area contributed by atoms with Crippen LogP contribution in [0.5, 0.6) is 0 Å². The van der Waals surface area contributed by atoms with E-state index in [4.69, 9.17) is 4.42 Å². The molecule has 0 radical (unpaired) electrons. The smallest absolute Gasteiger partial charge is 0.134 e. The number of benzene rings is 1. The molecular weight excluding hydrogens is 318 g/mol. The molecule has 1 aliphatic heterocycles. The minimum atomic E-state index is 0.236. The van der Waals surface area contributed by atoms with Gasteiger partial charge in [0.1, 0.15) is 11.5 Å². The first-order valence-corrected chi connectivity index (χ1v) is 7.75. The lowest BCUT2D eigenvalue weighted by molar-refractivity contribution is 0.146. The third-order valence-electron chi connectivity index (χ3n) is 3.86. The van der Waals surface area contributed by atoms with Gasteiger partial charge in [-0.2, -0.15) is 0 Å². The lowest BCUT2D eigenvalue weighted by Crippen LogP contribution is -2.31. The second-order valence-electron chi connectivity index (χ2n) is 5.22. The van der Waals surface area contributed by atoms with Gasteiger partial charge < -0.3 is 9.52 Å².